The Bertz CT molecular complexity index is 411. The third-order valence-corrected chi connectivity index (χ3v) is 3.77. The van der Waals surface area contributed by atoms with E-state index in [1.807, 2.05) is 0 Å². The van der Waals surface area contributed by atoms with Crippen LogP contribution in [0.15, 0.2) is 12.4 Å². The smallest absolute Gasteiger partial charge is 0.132 e. The van der Waals surface area contributed by atoms with Crippen LogP contribution in [0.2, 0.25) is 0 Å². The van der Waals surface area contributed by atoms with Gasteiger partial charge in [-0.05, 0) is 20.3 Å². The summed E-state index contributed by atoms with van der Waals surface area (Å²) in [5.74, 6) is 1.00. The minimum absolute atomic E-state index is 0.145. The van der Waals surface area contributed by atoms with E-state index in [1.54, 1.807) is 6.33 Å². The highest BCUT2D eigenvalue weighted by molar-refractivity contribution is 9.09. The molecular formula is C13H20BrN3O. The maximum Gasteiger partial charge on any atom is 0.132 e. The minimum atomic E-state index is -0.145. The number of hydrogen-bond donors (Lipinski definition) is 0. The van der Waals surface area contributed by atoms with Crippen LogP contribution in [-0.2, 0) is 11.2 Å². The Balaban J connectivity index is 2.20. The number of aromatic nitrogens is 2. The molecule has 0 aromatic carbocycles. The predicted molar refractivity (Wildman–Crippen MR) is 76.4 cm³/mol. The number of alkyl halides is 1. The fraction of sp³-hybridized carbons (Fsp3) is 0.692. The fourth-order valence-electron chi connectivity index (χ4n) is 2.30. The summed E-state index contributed by atoms with van der Waals surface area (Å²) in [4.78, 5) is 10.9. The quantitative estimate of drug-likeness (QED) is 0.803. The first kappa shape index (κ1) is 13.7. The summed E-state index contributed by atoms with van der Waals surface area (Å²) < 4.78 is 6.00. The van der Waals surface area contributed by atoms with E-state index in [2.05, 4.69) is 57.6 Å². The van der Waals surface area contributed by atoms with Crippen molar-refractivity contribution in [2.24, 2.45) is 0 Å². The molecule has 0 aliphatic carbocycles. The summed E-state index contributed by atoms with van der Waals surface area (Å²) in [5, 5.41) is 0.846. The summed E-state index contributed by atoms with van der Waals surface area (Å²) in [6.07, 6.45) is 2.79. The zero-order valence-corrected chi connectivity index (χ0v) is 12.8. The molecule has 1 aromatic rings. The van der Waals surface area contributed by atoms with Crippen LogP contribution in [0.4, 0.5) is 5.82 Å². The third kappa shape index (κ3) is 3.20. The van der Waals surface area contributed by atoms with Gasteiger partial charge in [-0.15, -0.1) is 0 Å². The van der Waals surface area contributed by atoms with Gasteiger partial charge in [0, 0.05) is 30.2 Å². The second-order valence-electron chi connectivity index (χ2n) is 5.26. The van der Waals surface area contributed by atoms with Gasteiger partial charge in [0.05, 0.1) is 11.7 Å². The topological polar surface area (TPSA) is 38.2 Å². The molecule has 0 spiro atoms. The number of nitrogens with zero attached hydrogens (tertiary/aromatic N) is 3. The van der Waals surface area contributed by atoms with Crippen LogP contribution >= 0.6 is 15.9 Å². The largest absolute Gasteiger partial charge is 0.368 e. The molecule has 1 fully saturated rings. The first-order valence-corrected chi connectivity index (χ1v) is 7.46. The van der Waals surface area contributed by atoms with Gasteiger partial charge < -0.3 is 9.64 Å². The molecule has 1 unspecified atom stereocenters. The molecule has 1 aliphatic rings. The van der Waals surface area contributed by atoms with Crippen molar-refractivity contribution >= 4 is 21.7 Å². The van der Waals surface area contributed by atoms with Crippen molar-refractivity contribution in [2.45, 2.75) is 38.9 Å². The predicted octanol–water partition coefficient (Wildman–Crippen LogP) is 2.42. The van der Waals surface area contributed by atoms with Crippen LogP contribution in [-0.4, -0.2) is 40.1 Å². The molecule has 1 saturated heterocycles. The first-order valence-electron chi connectivity index (χ1n) is 6.33. The lowest BCUT2D eigenvalue weighted by atomic mass is 10.1. The van der Waals surface area contributed by atoms with Crippen LogP contribution in [0.5, 0.6) is 0 Å². The number of ether oxygens (including phenoxy) is 1. The number of aryl methyl sites for hydroxylation is 1. The van der Waals surface area contributed by atoms with Gasteiger partial charge in [-0.25, -0.2) is 9.97 Å². The van der Waals surface area contributed by atoms with Gasteiger partial charge in [0.2, 0.25) is 0 Å². The van der Waals surface area contributed by atoms with E-state index in [0.717, 1.165) is 36.4 Å². The highest BCUT2D eigenvalue weighted by Crippen LogP contribution is 2.25. The number of morpholine rings is 1. The maximum atomic E-state index is 6.00. The summed E-state index contributed by atoms with van der Waals surface area (Å²) in [6.45, 7) is 8.08. The number of anilines is 1. The highest BCUT2D eigenvalue weighted by atomic mass is 79.9. The maximum absolute atomic E-state index is 6.00. The highest BCUT2D eigenvalue weighted by Gasteiger charge is 2.33. The Morgan fingerprint density at radius 3 is 2.94 bits per heavy atom. The van der Waals surface area contributed by atoms with Crippen LogP contribution in [0, 0.1) is 0 Å². The Kier molecular flexibility index (Phi) is 4.22. The van der Waals surface area contributed by atoms with Crippen molar-refractivity contribution in [2.75, 3.05) is 23.3 Å². The Morgan fingerprint density at radius 2 is 2.28 bits per heavy atom. The lowest BCUT2D eigenvalue weighted by Gasteiger charge is -2.43. The van der Waals surface area contributed by atoms with Crippen LogP contribution in [0.1, 0.15) is 26.5 Å². The first-order chi connectivity index (χ1) is 8.54. The summed E-state index contributed by atoms with van der Waals surface area (Å²) >= 11 is 3.51. The Morgan fingerprint density at radius 1 is 1.50 bits per heavy atom. The van der Waals surface area contributed by atoms with Crippen LogP contribution < -0.4 is 4.90 Å². The number of rotatable bonds is 3. The third-order valence-electron chi connectivity index (χ3n) is 3.05. The van der Waals surface area contributed by atoms with Crippen molar-refractivity contribution in [3.05, 3.63) is 18.1 Å². The molecule has 1 aliphatic heterocycles. The Hall–Kier alpha value is -0.680. The molecule has 100 valence electrons. The molecule has 0 radical (unpaired) electrons. The van der Waals surface area contributed by atoms with Crippen molar-refractivity contribution in [1.82, 2.24) is 9.97 Å². The second kappa shape index (κ2) is 5.53. The normalized spacial score (nSPS) is 23.1. The van der Waals surface area contributed by atoms with Gasteiger partial charge in [0.25, 0.3) is 0 Å². The molecule has 0 amide bonds. The molecular weight excluding hydrogens is 294 g/mol. The zero-order chi connectivity index (χ0) is 13.2. The van der Waals surface area contributed by atoms with Gasteiger partial charge in [0.15, 0.2) is 0 Å². The van der Waals surface area contributed by atoms with Gasteiger partial charge in [-0.2, -0.15) is 0 Å². The van der Waals surface area contributed by atoms with E-state index in [1.165, 1.54) is 0 Å². The van der Waals surface area contributed by atoms with Crippen molar-refractivity contribution < 1.29 is 4.74 Å². The van der Waals surface area contributed by atoms with Gasteiger partial charge in [-0.3, -0.25) is 0 Å². The lowest BCUT2D eigenvalue weighted by Crippen LogP contribution is -2.53. The van der Waals surface area contributed by atoms with Crippen molar-refractivity contribution in [1.29, 1.82) is 0 Å². The Labute approximate surface area is 117 Å². The van der Waals surface area contributed by atoms with E-state index < -0.39 is 0 Å². The van der Waals surface area contributed by atoms with Gasteiger partial charge in [-0.1, -0.05) is 22.9 Å². The average Bonchev–Trinajstić information content (AvgIpc) is 2.37. The van der Waals surface area contributed by atoms with E-state index in [9.17, 15) is 0 Å². The van der Waals surface area contributed by atoms with Crippen LogP contribution in [0.3, 0.4) is 0 Å². The molecule has 0 saturated carbocycles. The molecule has 1 atom stereocenters. The molecule has 0 N–H and O–H groups in total. The average molecular weight is 314 g/mol. The molecule has 18 heavy (non-hydrogen) atoms. The fourth-order valence-corrected chi connectivity index (χ4v) is 2.64. The molecule has 2 heterocycles. The van der Waals surface area contributed by atoms with E-state index >= 15 is 0 Å². The van der Waals surface area contributed by atoms with Crippen molar-refractivity contribution in [3.63, 3.8) is 0 Å². The zero-order valence-electron chi connectivity index (χ0n) is 11.2. The van der Waals surface area contributed by atoms with E-state index in [-0.39, 0.29) is 11.7 Å². The van der Waals surface area contributed by atoms with E-state index in [0.29, 0.717) is 0 Å². The number of halogens is 1. The van der Waals surface area contributed by atoms with Gasteiger partial charge in [0.1, 0.15) is 12.1 Å². The van der Waals surface area contributed by atoms with Crippen molar-refractivity contribution in [3.8, 4) is 0 Å². The SMILES string of the molecule is CCc1cc(N2CC(CBr)OC(C)(C)C2)ncn1. The number of hydrogen-bond acceptors (Lipinski definition) is 4. The molecule has 0 bridgehead atoms. The van der Waals surface area contributed by atoms with E-state index in [4.69, 9.17) is 4.74 Å². The monoisotopic (exact) mass is 313 g/mol. The standard InChI is InChI=1S/C13H20BrN3O/c1-4-10-5-12(16-9-15-10)17-7-11(6-14)18-13(2,3)8-17/h5,9,11H,4,6-8H2,1-3H3. The molecule has 2 rings (SSSR count). The summed E-state index contributed by atoms with van der Waals surface area (Å²) in [5.41, 5.74) is 0.938. The summed E-state index contributed by atoms with van der Waals surface area (Å²) in [7, 11) is 0. The molecule has 5 heteroatoms. The van der Waals surface area contributed by atoms with Gasteiger partial charge >= 0.3 is 0 Å². The molecule has 4 nitrogen and oxygen atoms in total. The lowest BCUT2D eigenvalue weighted by molar-refractivity contribution is -0.0726. The van der Waals surface area contributed by atoms with Crippen LogP contribution in [0.25, 0.3) is 0 Å². The summed E-state index contributed by atoms with van der Waals surface area (Å²) in [6, 6.07) is 2.08. The second-order valence-corrected chi connectivity index (χ2v) is 5.90. The molecule has 1 aromatic heterocycles. The minimum Gasteiger partial charge on any atom is -0.368 e.